The molecule has 4 nitrogen and oxygen atoms in total. The molecule has 2 rings (SSSR count). The number of pyridine rings is 1. The second kappa shape index (κ2) is 4.02. The van der Waals surface area contributed by atoms with Crippen LogP contribution in [0.3, 0.4) is 0 Å². The van der Waals surface area contributed by atoms with Gasteiger partial charge in [0.2, 0.25) is 0 Å². The summed E-state index contributed by atoms with van der Waals surface area (Å²) in [7, 11) is 0. The van der Waals surface area contributed by atoms with E-state index in [1.165, 1.54) is 18.5 Å². The third-order valence-corrected chi connectivity index (χ3v) is 2.25. The summed E-state index contributed by atoms with van der Waals surface area (Å²) in [5.74, 6) is -0.972. The minimum absolute atomic E-state index is 0.223. The molecule has 1 heterocycles. The highest BCUT2D eigenvalue weighted by molar-refractivity contribution is 5.95. The van der Waals surface area contributed by atoms with Crippen LogP contribution in [0, 0.1) is 0 Å². The van der Waals surface area contributed by atoms with Crippen LogP contribution in [-0.2, 0) is 0 Å². The van der Waals surface area contributed by atoms with Gasteiger partial charge in [-0.1, -0.05) is 12.1 Å². The summed E-state index contributed by atoms with van der Waals surface area (Å²) in [6.45, 7) is 0. The Hall–Kier alpha value is -2.36. The average Bonchev–Trinajstić information content (AvgIpc) is 2.29. The first-order valence-corrected chi connectivity index (χ1v) is 4.71. The Kier molecular flexibility index (Phi) is 2.55. The number of carboxylic acids is 1. The molecule has 1 aromatic heterocycles. The van der Waals surface area contributed by atoms with E-state index < -0.39 is 5.97 Å². The Morgan fingerprint density at radius 2 is 2.12 bits per heavy atom. The predicted molar refractivity (Wildman–Crippen MR) is 61.0 cm³/mol. The summed E-state index contributed by atoms with van der Waals surface area (Å²) >= 11 is 0. The van der Waals surface area contributed by atoms with Crippen LogP contribution in [0.25, 0.3) is 11.1 Å². The van der Waals surface area contributed by atoms with Gasteiger partial charge in [-0.2, -0.15) is 0 Å². The maximum Gasteiger partial charge on any atom is 0.336 e. The van der Waals surface area contributed by atoms with Crippen molar-refractivity contribution in [2.24, 2.45) is 0 Å². The van der Waals surface area contributed by atoms with Crippen LogP contribution >= 0.6 is 0 Å². The molecule has 0 radical (unpaired) electrons. The number of carboxylic acid groups (broad SMARTS) is 1. The van der Waals surface area contributed by atoms with Gasteiger partial charge in [-0.15, -0.1) is 0 Å². The lowest BCUT2D eigenvalue weighted by Crippen LogP contribution is -2.00. The van der Waals surface area contributed by atoms with E-state index in [2.05, 4.69) is 4.98 Å². The van der Waals surface area contributed by atoms with E-state index in [-0.39, 0.29) is 5.56 Å². The monoisotopic (exact) mass is 214 g/mol. The SMILES string of the molecule is Nc1cccc(-c2cnccc2C(=O)O)c1. The average molecular weight is 214 g/mol. The lowest BCUT2D eigenvalue weighted by Gasteiger charge is -2.05. The van der Waals surface area contributed by atoms with Crippen molar-refractivity contribution in [3.63, 3.8) is 0 Å². The number of benzene rings is 1. The molecule has 2 aromatic rings. The zero-order valence-corrected chi connectivity index (χ0v) is 8.42. The van der Waals surface area contributed by atoms with Gasteiger partial charge < -0.3 is 10.8 Å². The fraction of sp³-hybridized carbons (Fsp3) is 0. The molecule has 4 heteroatoms. The van der Waals surface area contributed by atoms with Gasteiger partial charge in [-0.25, -0.2) is 4.79 Å². The summed E-state index contributed by atoms with van der Waals surface area (Å²) in [6.07, 6.45) is 2.98. The Morgan fingerprint density at radius 1 is 1.31 bits per heavy atom. The molecular weight excluding hydrogens is 204 g/mol. The number of nitrogens with two attached hydrogens (primary N) is 1. The minimum Gasteiger partial charge on any atom is -0.478 e. The molecule has 0 bridgehead atoms. The van der Waals surface area contributed by atoms with Gasteiger partial charge in [0.15, 0.2) is 0 Å². The Balaban J connectivity index is 2.60. The van der Waals surface area contributed by atoms with E-state index in [4.69, 9.17) is 10.8 Å². The van der Waals surface area contributed by atoms with E-state index in [0.29, 0.717) is 11.3 Å². The van der Waals surface area contributed by atoms with Crippen molar-refractivity contribution in [1.82, 2.24) is 4.98 Å². The van der Waals surface area contributed by atoms with Crippen molar-refractivity contribution in [3.05, 3.63) is 48.3 Å². The minimum atomic E-state index is -0.972. The second-order valence-corrected chi connectivity index (χ2v) is 3.35. The first-order chi connectivity index (χ1) is 7.68. The van der Waals surface area contributed by atoms with Crippen molar-refractivity contribution in [3.8, 4) is 11.1 Å². The molecule has 0 aliphatic carbocycles. The number of nitrogen functional groups attached to an aromatic ring is 1. The lowest BCUT2D eigenvalue weighted by atomic mass is 10.0. The molecule has 16 heavy (non-hydrogen) atoms. The number of nitrogens with zero attached hydrogens (tertiary/aromatic N) is 1. The van der Waals surface area contributed by atoms with E-state index in [9.17, 15) is 4.79 Å². The zero-order valence-electron chi connectivity index (χ0n) is 8.42. The highest BCUT2D eigenvalue weighted by atomic mass is 16.4. The molecule has 0 spiro atoms. The lowest BCUT2D eigenvalue weighted by molar-refractivity contribution is 0.0697. The number of hydrogen-bond acceptors (Lipinski definition) is 3. The number of hydrogen-bond donors (Lipinski definition) is 2. The summed E-state index contributed by atoms with van der Waals surface area (Å²) in [6, 6.07) is 8.54. The van der Waals surface area contributed by atoms with Crippen molar-refractivity contribution < 1.29 is 9.90 Å². The Labute approximate surface area is 92.4 Å². The molecule has 0 saturated carbocycles. The number of rotatable bonds is 2. The largest absolute Gasteiger partial charge is 0.478 e. The molecule has 0 atom stereocenters. The Bertz CT molecular complexity index is 538. The maximum atomic E-state index is 11.0. The van der Waals surface area contributed by atoms with Gasteiger partial charge >= 0.3 is 5.97 Å². The van der Waals surface area contributed by atoms with Crippen LogP contribution in [0.2, 0.25) is 0 Å². The van der Waals surface area contributed by atoms with Crippen LogP contribution < -0.4 is 5.73 Å². The number of aromatic carboxylic acids is 1. The topological polar surface area (TPSA) is 76.2 Å². The summed E-state index contributed by atoms with van der Waals surface area (Å²) in [4.78, 5) is 15.0. The fourth-order valence-electron chi connectivity index (χ4n) is 1.52. The third kappa shape index (κ3) is 1.86. The van der Waals surface area contributed by atoms with Crippen LogP contribution in [0.5, 0.6) is 0 Å². The molecule has 0 amide bonds. The van der Waals surface area contributed by atoms with Gasteiger partial charge in [0.25, 0.3) is 0 Å². The van der Waals surface area contributed by atoms with Crippen molar-refractivity contribution in [2.45, 2.75) is 0 Å². The predicted octanol–water partition coefficient (Wildman–Crippen LogP) is 2.03. The summed E-state index contributed by atoms with van der Waals surface area (Å²) < 4.78 is 0. The quantitative estimate of drug-likeness (QED) is 0.750. The normalized spacial score (nSPS) is 10.0. The van der Waals surface area contributed by atoms with Crippen LogP contribution in [0.15, 0.2) is 42.7 Å². The molecule has 0 unspecified atom stereocenters. The molecule has 3 N–H and O–H groups in total. The van der Waals surface area contributed by atoms with Gasteiger partial charge in [-0.05, 0) is 23.8 Å². The van der Waals surface area contributed by atoms with Gasteiger partial charge in [0.05, 0.1) is 5.56 Å². The Morgan fingerprint density at radius 3 is 2.81 bits per heavy atom. The number of carbonyl (C=O) groups is 1. The zero-order chi connectivity index (χ0) is 11.5. The van der Waals surface area contributed by atoms with Crippen molar-refractivity contribution in [2.75, 3.05) is 5.73 Å². The maximum absolute atomic E-state index is 11.0. The van der Waals surface area contributed by atoms with Crippen LogP contribution in [-0.4, -0.2) is 16.1 Å². The number of aromatic nitrogens is 1. The van der Waals surface area contributed by atoms with Gasteiger partial charge in [0.1, 0.15) is 0 Å². The summed E-state index contributed by atoms with van der Waals surface area (Å²) in [5, 5.41) is 9.04. The highest BCUT2D eigenvalue weighted by Crippen LogP contribution is 2.24. The molecule has 0 aliphatic rings. The standard InChI is InChI=1S/C12H10N2O2/c13-9-3-1-2-8(6-9)11-7-14-5-4-10(11)12(15)16/h1-7H,13H2,(H,15,16). The summed E-state index contributed by atoms with van der Waals surface area (Å²) in [5.41, 5.74) is 7.80. The van der Waals surface area contributed by atoms with E-state index in [0.717, 1.165) is 5.56 Å². The number of anilines is 1. The molecule has 0 fully saturated rings. The van der Waals surface area contributed by atoms with Crippen molar-refractivity contribution >= 4 is 11.7 Å². The van der Waals surface area contributed by atoms with E-state index in [1.54, 1.807) is 24.3 Å². The third-order valence-electron chi connectivity index (χ3n) is 2.25. The van der Waals surface area contributed by atoms with Crippen LogP contribution in [0.1, 0.15) is 10.4 Å². The fourth-order valence-corrected chi connectivity index (χ4v) is 1.52. The van der Waals surface area contributed by atoms with Crippen molar-refractivity contribution in [1.29, 1.82) is 0 Å². The van der Waals surface area contributed by atoms with E-state index >= 15 is 0 Å². The van der Waals surface area contributed by atoms with Crippen LogP contribution in [0.4, 0.5) is 5.69 Å². The smallest absolute Gasteiger partial charge is 0.336 e. The first kappa shape index (κ1) is 10.2. The molecule has 0 saturated heterocycles. The van der Waals surface area contributed by atoms with E-state index in [1.807, 2.05) is 0 Å². The first-order valence-electron chi connectivity index (χ1n) is 4.71. The van der Waals surface area contributed by atoms with Gasteiger partial charge in [-0.3, -0.25) is 4.98 Å². The van der Waals surface area contributed by atoms with Gasteiger partial charge in [0, 0.05) is 23.6 Å². The molecule has 1 aromatic carbocycles. The highest BCUT2D eigenvalue weighted by Gasteiger charge is 2.11. The molecular formula is C12H10N2O2. The molecule has 0 aliphatic heterocycles. The molecule has 80 valence electrons. The second-order valence-electron chi connectivity index (χ2n) is 3.35.